The van der Waals surface area contributed by atoms with E-state index in [1.807, 2.05) is 26.0 Å². The monoisotopic (exact) mass is 384 g/mol. The van der Waals surface area contributed by atoms with E-state index in [0.717, 1.165) is 35.4 Å². The molecule has 1 aliphatic rings. The molecule has 1 atom stereocenters. The van der Waals surface area contributed by atoms with Crippen molar-refractivity contribution in [3.8, 4) is 11.3 Å². The fourth-order valence-electron chi connectivity index (χ4n) is 3.52. The quantitative estimate of drug-likeness (QED) is 0.720. The van der Waals surface area contributed by atoms with E-state index in [1.165, 1.54) is 0 Å². The van der Waals surface area contributed by atoms with E-state index in [9.17, 15) is 4.79 Å². The normalized spacial score (nSPS) is 18.9. The van der Waals surface area contributed by atoms with Crippen LogP contribution in [0.1, 0.15) is 31.5 Å². The molecule has 0 saturated carbocycles. The van der Waals surface area contributed by atoms with Crippen LogP contribution in [-0.2, 0) is 24.2 Å². The van der Waals surface area contributed by atoms with Gasteiger partial charge in [0.1, 0.15) is 5.02 Å². The number of halogens is 1. The van der Waals surface area contributed by atoms with Gasteiger partial charge in [-0.15, -0.1) is 0 Å². The standard InChI is InChI=1S/C19H21ClN6O/c1-3-26-11-14(20)17(25-26)22-18(27)19(2)7-4-15-13(10-19)16(24-23-15)12-5-8-21-9-6-12/h5-6,8-9,11H,3-4,7,10H2,1-2H3,(H,23,24)(H,22,25,27). The maximum atomic E-state index is 13.1. The molecule has 0 bridgehead atoms. The number of aryl methyl sites for hydroxylation is 2. The lowest BCUT2D eigenvalue weighted by molar-refractivity contribution is -0.125. The maximum Gasteiger partial charge on any atom is 0.231 e. The molecular weight excluding hydrogens is 364 g/mol. The Kier molecular flexibility index (Phi) is 4.47. The Bertz CT molecular complexity index is 980. The summed E-state index contributed by atoms with van der Waals surface area (Å²) in [6, 6.07) is 3.86. The van der Waals surface area contributed by atoms with Crippen molar-refractivity contribution in [2.45, 2.75) is 39.7 Å². The summed E-state index contributed by atoms with van der Waals surface area (Å²) >= 11 is 6.20. The van der Waals surface area contributed by atoms with Crippen molar-refractivity contribution < 1.29 is 4.79 Å². The van der Waals surface area contributed by atoms with Crippen molar-refractivity contribution in [3.05, 3.63) is 47.0 Å². The van der Waals surface area contributed by atoms with Crippen molar-refractivity contribution in [1.29, 1.82) is 0 Å². The molecule has 2 N–H and O–H groups in total. The Morgan fingerprint density at radius 1 is 1.41 bits per heavy atom. The molecule has 1 aliphatic carbocycles. The molecule has 27 heavy (non-hydrogen) atoms. The van der Waals surface area contributed by atoms with Gasteiger partial charge in [0.15, 0.2) is 5.82 Å². The average Bonchev–Trinajstić information content (AvgIpc) is 3.25. The lowest BCUT2D eigenvalue weighted by Gasteiger charge is -2.32. The molecule has 3 aromatic rings. The second-order valence-electron chi connectivity index (χ2n) is 7.14. The molecule has 0 aromatic carbocycles. The molecule has 0 fully saturated rings. The Hall–Kier alpha value is -2.67. The molecule has 1 amide bonds. The number of H-pyrrole nitrogens is 1. The van der Waals surface area contributed by atoms with E-state index >= 15 is 0 Å². The first kappa shape index (κ1) is 17.7. The van der Waals surface area contributed by atoms with Crippen LogP contribution in [0.4, 0.5) is 5.82 Å². The Morgan fingerprint density at radius 2 is 2.19 bits per heavy atom. The summed E-state index contributed by atoms with van der Waals surface area (Å²) < 4.78 is 1.71. The molecule has 0 aliphatic heterocycles. The van der Waals surface area contributed by atoms with Crippen LogP contribution in [0, 0.1) is 5.41 Å². The number of aromatic nitrogens is 5. The van der Waals surface area contributed by atoms with Gasteiger partial charge in [-0.2, -0.15) is 10.2 Å². The third kappa shape index (κ3) is 3.23. The zero-order chi connectivity index (χ0) is 19.0. The number of amides is 1. The van der Waals surface area contributed by atoms with Crippen LogP contribution >= 0.6 is 11.6 Å². The van der Waals surface area contributed by atoms with Crippen LogP contribution in [0.3, 0.4) is 0 Å². The summed E-state index contributed by atoms with van der Waals surface area (Å²) in [7, 11) is 0. The van der Waals surface area contributed by atoms with Crippen molar-refractivity contribution >= 4 is 23.3 Å². The SMILES string of the molecule is CCn1cc(Cl)c(NC(=O)C2(C)CCc3[nH]nc(-c4ccncc4)c3C2)n1. The van der Waals surface area contributed by atoms with E-state index in [1.54, 1.807) is 23.3 Å². The second-order valence-corrected chi connectivity index (χ2v) is 7.55. The zero-order valence-electron chi connectivity index (χ0n) is 15.3. The van der Waals surface area contributed by atoms with Crippen LogP contribution in [-0.4, -0.2) is 30.9 Å². The number of nitrogens with zero attached hydrogens (tertiary/aromatic N) is 4. The van der Waals surface area contributed by atoms with Gasteiger partial charge in [-0.05, 0) is 38.3 Å². The van der Waals surface area contributed by atoms with Gasteiger partial charge in [-0.25, -0.2) is 0 Å². The highest BCUT2D eigenvalue weighted by atomic mass is 35.5. The van der Waals surface area contributed by atoms with Crippen molar-refractivity contribution in [2.24, 2.45) is 5.41 Å². The number of hydrogen-bond acceptors (Lipinski definition) is 4. The molecule has 8 heteroatoms. The fraction of sp³-hybridized carbons (Fsp3) is 0.368. The topological polar surface area (TPSA) is 88.5 Å². The summed E-state index contributed by atoms with van der Waals surface area (Å²) in [6.45, 7) is 4.65. The summed E-state index contributed by atoms with van der Waals surface area (Å²) in [6.07, 6.45) is 7.32. The minimum Gasteiger partial charge on any atom is -0.307 e. The maximum absolute atomic E-state index is 13.1. The zero-order valence-corrected chi connectivity index (χ0v) is 16.0. The molecular formula is C19H21ClN6O. The van der Waals surface area contributed by atoms with Gasteiger partial charge in [0.25, 0.3) is 0 Å². The van der Waals surface area contributed by atoms with Gasteiger partial charge < -0.3 is 5.32 Å². The van der Waals surface area contributed by atoms with Gasteiger partial charge >= 0.3 is 0 Å². The summed E-state index contributed by atoms with van der Waals surface area (Å²) in [5.74, 6) is 0.343. The third-order valence-electron chi connectivity index (χ3n) is 5.22. The number of pyridine rings is 1. The average molecular weight is 385 g/mol. The molecule has 1 unspecified atom stereocenters. The van der Waals surface area contributed by atoms with Crippen LogP contribution in [0.15, 0.2) is 30.7 Å². The van der Waals surface area contributed by atoms with Gasteiger partial charge in [0.05, 0.1) is 11.1 Å². The van der Waals surface area contributed by atoms with Crippen molar-refractivity contribution in [3.63, 3.8) is 0 Å². The van der Waals surface area contributed by atoms with Crippen LogP contribution in [0.5, 0.6) is 0 Å². The largest absolute Gasteiger partial charge is 0.307 e. The molecule has 4 rings (SSSR count). The molecule has 7 nitrogen and oxygen atoms in total. The first-order valence-electron chi connectivity index (χ1n) is 9.01. The second kappa shape index (κ2) is 6.81. The number of carbonyl (C=O) groups excluding carboxylic acids is 1. The first-order chi connectivity index (χ1) is 13.0. The lowest BCUT2D eigenvalue weighted by Crippen LogP contribution is -2.38. The summed E-state index contributed by atoms with van der Waals surface area (Å²) in [5, 5.41) is 15.3. The molecule has 3 aromatic heterocycles. The Balaban J connectivity index is 1.59. The molecule has 0 saturated heterocycles. The van der Waals surface area contributed by atoms with Gasteiger partial charge in [0.2, 0.25) is 5.91 Å². The summed E-state index contributed by atoms with van der Waals surface area (Å²) in [4.78, 5) is 17.1. The number of nitrogens with one attached hydrogen (secondary N) is 2. The number of aromatic amines is 1. The first-order valence-corrected chi connectivity index (χ1v) is 9.39. The van der Waals surface area contributed by atoms with E-state index in [-0.39, 0.29) is 5.91 Å². The van der Waals surface area contributed by atoms with E-state index in [2.05, 4.69) is 25.6 Å². The van der Waals surface area contributed by atoms with Crippen LogP contribution < -0.4 is 5.32 Å². The number of hydrogen-bond donors (Lipinski definition) is 2. The van der Waals surface area contributed by atoms with E-state index < -0.39 is 5.41 Å². The Labute approximate surface area is 162 Å². The van der Waals surface area contributed by atoms with Gasteiger partial charge in [-0.3, -0.25) is 19.6 Å². The van der Waals surface area contributed by atoms with E-state index in [0.29, 0.717) is 23.8 Å². The molecule has 140 valence electrons. The lowest BCUT2D eigenvalue weighted by atomic mass is 9.73. The molecule has 0 spiro atoms. The van der Waals surface area contributed by atoms with Crippen LogP contribution in [0.2, 0.25) is 5.02 Å². The predicted octanol–water partition coefficient (Wildman–Crippen LogP) is 3.48. The third-order valence-corrected chi connectivity index (χ3v) is 5.50. The van der Waals surface area contributed by atoms with Gasteiger partial charge in [0, 0.05) is 42.0 Å². The minimum absolute atomic E-state index is 0.0710. The highest BCUT2D eigenvalue weighted by molar-refractivity contribution is 6.33. The number of carbonyl (C=O) groups is 1. The van der Waals surface area contributed by atoms with Crippen molar-refractivity contribution in [1.82, 2.24) is 25.0 Å². The molecule has 0 radical (unpaired) electrons. The van der Waals surface area contributed by atoms with Crippen molar-refractivity contribution in [2.75, 3.05) is 5.32 Å². The molecule has 3 heterocycles. The minimum atomic E-state index is -0.558. The van der Waals surface area contributed by atoms with Gasteiger partial charge in [-0.1, -0.05) is 18.5 Å². The fourth-order valence-corrected chi connectivity index (χ4v) is 3.72. The predicted molar refractivity (Wildman–Crippen MR) is 103 cm³/mol. The summed E-state index contributed by atoms with van der Waals surface area (Å²) in [5.41, 5.74) is 3.52. The highest BCUT2D eigenvalue weighted by Crippen LogP contribution is 2.39. The number of anilines is 1. The highest BCUT2D eigenvalue weighted by Gasteiger charge is 2.39. The smallest absolute Gasteiger partial charge is 0.231 e. The Morgan fingerprint density at radius 3 is 2.89 bits per heavy atom. The van der Waals surface area contributed by atoms with Crippen LogP contribution in [0.25, 0.3) is 11.3 Å². The van der Waals surface area contributed by atoms with E-state index in [4.69, 9.17) is 11.6 Å². The number of rotatable bonds is 4. The number of fused-ring (bicyclic) bond motifs is 1.